The van der Waals surface area contributed by atoms with Crippen molar-refractivity contribution >= 4 is 17.7 Å². The summed E-state index contributed by atoms with van der Waals surface area (Å²) < 4.78 is 11.6. The highest BCUT2D eigenvalue weighted by atomic mass is 32.2. The summed E-state index contributed by atoms with van der Waals surface area (Å²) >= 11 is 1.79. The lowest BCUT2D eigenvalue weighted by molar-refractivity contribution is 0.0789. The lowest BCUT2D eigenvalue weighted by Gasteiger charge is -2.26. The number of nitrogens with one attached hydrogen (secondary N) is 1. The van der Waals surface area contributed by atoms with Crippen molar-refractivity contribution in [2.75, 3.05) is 13.2 Å². The largest absolute Gasteiger partial charge is 0.486 e. The molecule has 1 heterocycles. The number of aryl methyl sites for hydroxylation is 1. The van der Waals surface area contributed by atoms with Crippen molar-refractivity contribution in [2.45, 2.75) is 23.7 Å². The van der Waals surface area contributed by atoms with Gasteiger partial charge in [-0.05, 0) is 48.9 Å². The number of hydrogen-bond donors (Lipinski definition) is 1. The second-order valence-corrected chi connectivity index (χ2v) is 8.06. The number of hydrogen-bond acceptors (Lipinski definition) is 4. The first-order chi connectivity index (χ1) is 14.2. The topological polar surface area (TPSA) is 47.6 Å². The minimum atomic E-state index is -0.195. The van der Waals surface area contributed by atoms with E-state index in [4.69, 9.17) is 9.47 Å². The molecule has 0 bridgehead atoms. The zero-order chi connectivity index (χ0) is 20.1. The van der Waals surface area contributed by atoms with Gasteiger partial charge in [0.15, 0.2) is 11.5 Å². The first-order valence-corrected chi connectivity index (χ1v) is 10.6. The molecule has 148 valence electrons. The molecule has 1 N–H and O–H groups in total. The molecule has 5 heteroatoms. The van der Waals surface area contributed by atoms with E-state index in [2.05, 4.69) is 36.5 Å². The molecule has 0 radical (unpaired) electrons. The Kier molecular flexibility index (Phi) is 6.06. The van der Waals surface area contributed by atoms with Crippen LogP contribution in [0.25, 0.3) is 0 Å². The Labute approximate surface area is 175 Å². The van der Waals surface area contributed by atoms with Gasteiger partial charge in [-0.2, -0.15) is 0 Å². The summed E-state index contributed by atoms with van der Waals surface area (Å²) in [6.45, 7) is 2.91. The van der Waals surface area contributed by atoms with Gasteiger partial charge in [0, 0.05) is 16.2 Å². The van der Waals surface area contributed by atoms with Crippen LogP contribution in [0.4, 0.5) is 0 Å². The number of thioether (sulfide) groups is 1. The highest BCUT2D eigenvalue weighted by Gasteiger charge is 2.21. The zero-order valence-corrected chi connectivity index (χ0v) is 17.1. The maximum atomic E-state index is 12.4. The van der Waals surface area contributed by atoms with Gasteiger partial charge >= 0.3 is 0 Å². The summed E-state index contributed by atoms with van der Waals surface area (Å²) in [6.07, 6.45) is -0.195. The normalized spacial score (nSPS) is 15.0. The highest BCUT2D eigenvalue weighted by molar-refractivity contribution is 7.98. The lowest BCUT2D eigenvalue weighted by Crippen LogP contribution is -2.40. The smallest absolute Gasteiger partial charge is 0.251 e. The Hall–Kier alpha value is -2.92. The van der Waals surface area contributed by atoms with Crippen LogP contribution in [0.2, 0.25) is 0 Å². The molecule has 0 saturated carbocycles. The molecule has 1 aliphatic rings. The third-order valence-corrected chi connectivity index (χ3v) is 5.78. The lowest BCUT2D eigenvalue weighted by atomic mass is 10.1. The van der Waals surface area contributed by atoms with E-state index >= 15 is 0 Å². The molecule has 29 heavy (non-hydrogen) atoms. The molecular weight excluding hydrogens is 382 g/mol. The summed E-state index contributed by atoms with van der Waals surface area (Å²) in [6, 6.07) is 23.8. The highest BCUT2D eigenvalue weighted by Crippen LogP contribution is 2.30. The zero-order valence-electron chi connectivity index (χ0n) is 16.3. The molecule has 0 aliphatic carbocycles. The fourth-order valence-electron chi connectivity index (χ4n) is 3.03. The summed E-state index contributed by atoms with van der Waals surface area (Å²) in [4.78, 5) is 13.7. The van der Waals surface area contributed by atoms with Gasteiger partial charge in [0.2, 0.25) is 0 Å². The average Bonchev–Trinajstić information content (AvgIpc) is 2.77. The van der Waals surface area contributed by atoms with Crippen molar-refractivity contribution in [1.82, 2.24) is 5.32 Å². The van der Waals surface area contributed by atoms with Crippen molar-refractivity contribution in [2.24, 2.45) is 0 Å². The SMILES string of the molecule is Cc1ccc(SCc2ccc(C(=O)NC[C@@H]3COc4ccccc4O3)cc2)cc1. The maximum absolute atomic E-state index is 12.4. The van der Waals surface area contributed by atoms with Crippen LogP contribution in [0.3, 0.4) is 0 Å². The Morgan fingerprint density at radius 2 is 1.72 bits per heavy atom. The molecule has 0 fully saturated rings. The first-order valence-electron chi connectivity index (χ1n) is 9.62. The van der Waals surface area contributed by atoms with Crippen molar-refractivity contribution in [1.29, 1.82) is 0 Å². The fraction of sp³-hybridized carbons (Fsp3) is 0.208. The van der Waals surface area contributed by atoms with Crippen LogP contribution in [0.5, 0.6) is 11.5 Å². The number of rotatable bonds is 6. The minimum Gasteiger partial charge on any atom is -0.486 e. The second-order valence-electron chi connectivity index (χ2n) is 7.01. The van der Waals surface area contributed by atoms with E-state index in [1.807, 2.05) is 48.5 Å². The molecule has 3 aromatic rings. The quantitative estimate of drug-likeness (QED) is 0.595. The van der Waals surface area contributed by atoms with Gasteiger partial charge in [0.25, 0.3) is 5.91 Å². The van der Waals surface area contributed by atoms with Crippen molar-refractivity contribution in [3.8, 4) is 11.5 Å². The van der Waals surface area contributed by atoms with Crippen LogP contribution in [0, 0.1) is 6.92 Å². The minimum absolute atomic E-state index is 0.106. The number of benzene rings is 3. The van der Waals surface area contributed by atoms with Gasteiger partial charge in [0.05, 0.1) is 6.54 Å². The summed E-state index contributed by atoms with van der Waals surface area (Å²) in [5.74, 6) is 2.23. The van der Waals surface area contributed by atoms with Crippen molar-refractivity contribution in [3.63, 3.8) is 0 Å². The fourth-order valence-corrected chi connectivity index (χ4v) is 3.88. The molecule has 3 aromatic carbocycles. The van der Waals surface area contributed by atoms with E-state index in [0.29, 0.717) is 24.5 Å². The van der Waals surface area contributed by atoms with Gasteiger partial charge in [-0.3, -0.25) is 4.79 Å². The average molecular weight is 406 g/mol. The number of ether oxygens (including phenoxy) is 2. The summed E-state index contributed by atoms with van der Waals surface area (Å²) in [5, 5.41) is 2.93. The Morgan fingerprint density at radius 1 is 1.00 bits per heavy atom. The predicted octanol–water partition coefficient (Wildman–Crippen LogP) is 4.86. The summed E-state index contributed by atoms with van der Waals surface area (Å²) in [7, 11) is 0. The van der Waals surface area contributed by atoms with E-state index in [1.165, 1.54) is 16.0 Å². The standard InChI is InChI=1S/C24H23NO3S/c1-17-6-12-21(13-7-17)29-16-18-8-10-19(11-9-18)24(26)25-14-20-15-27-22-4-2-3-5-23(22)28-20/h2-13,20H,14-16H2,1H3,(H,25,26)/t20-/m1/s1. The van der Waals surface area contributed by atoms with Crippen LogP contribution < -0.4 is 14.8 Å². The molecule has 1 amide bonds. The molecule has 1 aliphatic heterocycles. The van der Waals surface area contributed by atoms with Crippen molar-refractivity contribution < 1.29 is 14.3 Å². The Bertz CT molecular complexity index is 970. The van der Waals surface area contributed by atoms with Crippen LogP contribution in [0.1, 0.15) is 21.5 Å². The predicted molar refractivity (Wildman–Crippen MR) is 116 cm³/mol. The van der Waals surface area contributed by atoms with Gasteiger partial charge in [-0.15, -0.1) is 11.8 Å². The molecule has 0 spiro atoms. The monoisotopic (exact) mass is 405 g/mol. The van der Waals surface area contributed by atoms with Crippen LogP contribution >= 0.6 is 11.8 Å². The van der Waals surface area contributed by atoms with E-state index in [-0.39, 0.29) is 12.0 Å². The van der Waals surface area contributed by atoms with Crippen molar-refractivity contribution in [3.05, 3.63) is 89.5 Å². The molecule has 0 unspecified atom stereocenters. The number of fused-ring (bicyclic) bond motifs is 1. The van der Waals surface area contributed by atoms with Gasteiger partial charge < -0.3 is 14.8 Å². The molecule has 4 rings (SSSR count). The van der Waals surface area contributed by atoms with E-state index in [1.54, 1.807) is 11.8 Å². The van der Waals surface area contributed by atoms with Gasteiger partial charge in [0.1, 0.15) is 12.7 Å². The number of para-hydroxylation sites is 2. The van der Waals surface area contributed by atoms with Crippen LogP contribution in [0.15, 0.2) is 77.7 Å². The first kappa shape index (κ1) is 19.4. The van der Waals surface area contributed by atoms with Crippen LogP contribution in [-0.2, 0) is 5.75 Å². The summed E-state index contributed by atoms with van der Waals surface area (Å²) in [5.41, 5.74) is 3.10. The van der Waals surface area contributed by atoms with E-state index in [9.17, 15) is 4.79 Å². The third-order valence-electron chi connectivity index (χ3n) is 4.70. The Morgan fingerprint density at radius 3 is 2.48 bits per heavy atom. The molecular formula is C24H23NO3S. The van der Waals surface area contributed by atoms with Gasteiger partial charge in [-0.25, -0.2) is 0 Å². The number of amides is 1. The second kappa shape index (κ2) is 9.05. The number of carbonyl (C=O) groups excluding carboxylic acids is 1. The van der Waals surface area contributed by atoms with Gasteiger partial charge in [-0.1, -0.05) is 42.0 Å². The Balaban J connectivity index is 1.26. The van der Waals surface area contributed by atoms with Crippen LogP contribution in [-0.4, -0.2) is 25.2 Å². The molecule has 1 atom stereocenters. The number of carbonyl (C=O) groups is 1. The molecule has 0 aromatic heterocycles. The third kappa shape index (κ3) is 5.12. The maximum Gasteiger partial charge on any atom is 0.251 e. The van der Waals surface area contributed by atoms with E-state index in [0.717, 1.165) is 11.5 Å². The molecule has 4 nitrogen and oxygen atoms in total. The van der Waals surface area contributed by atoms with E-state index < -0.39 is 0 Å². The molecule has 0 saturated heterocycles.